The van der Waals surface area contributed by atoms with E-state index in [1.807, 2.05) is 36.4 Å². The van der Waals surface area contributed by atoms with Crippen molar-refractivity contribution in [2.45, 2.75) is 65.1 Å². The van der Waals surface area contributed by atoms with E-state index in [0.717, 1.165) is 41.4 Å². The zero-order chi connectivity index (χ0) is 18.9. The molecule has 0 spiro atoms. The normalized spacial score (nSPS) is 18.3. The zero-order valence-corrected chi connectivity index (χ0v) is 16.5. The third-order valence-electron chi connectivity index (χ3n) is 5.60. The third-order valence-corrected chi connectivity index (χ3v) is 5.60. The Labute approximate surface area is 157 Å². The zero-order valence-electron chi connectivity index (χ0n) is 16.5. The van der Waals surface area contributed by atoms with E-state index in [-0.39, 0.29) is 5.75 Å². The van der Waals surface area contributed by atoms with Gasteiger partial charge in [0.1, 0.15) is 5.75 Å². The molecule has 2 aromatic carbocycles. The molecule has 1 fully saturated rings. The number of benzene rings is 2. The summed E-state index contributed by atoms with van der Waals surface area (Å²) in [4.78, 5) is 0. The van der Waals surface area contributed by atoms with Gasteiger partial charge in [0.25, 0.3) is 0 Å². The highest BCUT2D eigenvalue weighted by molar-refractivity contribution is 6.64. The molecular formula is C22H29BO3. The van der Waals surface area contributed by atoms with Gasteiger partial charge in [-0.2, -0.15) is 0 Å². The topological polar surface area (TPSA) is 38.7 Å². The summed E-state index contributed by atoms with van der Waals surface area (Å²) in [5, 5.41) is 10.8. The van der Waals surface area contributed by atoms with Crippen LogP contribution in [0.1, 0.15) is 53.0 Å². The lowest BCUT2D eigenvalue weighted by molar-refractivity contribution is 0.00578. The molecule has 2 aromatic rings. The number of unbranched alkanes of at least 4 members (excludes halogenated alkanes) is 1. The van der Waals surface area contributed by atoms with Crippen molar-refractivity contribution in [3.8, 4) is 16.9 Å². The summed E-state index contributed by atoms with van der Waals surface area (Å²) in [5.41, 5.74) is 2.96. The van der Waals surface area contributed by atoms with Gasteiger partial charge < -0.3 is 14.4 Å². The number of phenolic OH excluding ortho intramolecular Hbond substituents is 1. The van der Waals surface area contributed by atoms with E-state index in [1.54, 1.807) is 0 Å². The van der Waals surface area contributed by atoms with Crippen molar-refractivity contribution in [1.29, 1.82) is 0 Å². The van der Waals surface area contributed by atoms with E-state index in [4.69, 9.17) is 9.31 Å². The second-order valence-electron chi connectivity index (χ2n) is 8.14. The van der Waals surface area contributed by atoms with Gasteiger partial charge in [-0.3, -0.25) is 0 Å². The fraction of sp³-hybridized carbons (Fsp3) is 0.455. The molecule has 26 heavy (non-hydrogen) atoms. The Balaban J connectivity index is 2.10. The second kappa shape index (κ2) is 7.09. The lowest BCUT2D eigenvalue weighted by Gasteiger charge is -2.32. The molecule has 1 aliphatic rings. The van der Waals surface area contributed by atoms with Gasteiger partial charge in [0.2, 0.25) is 0 Å². The smallest absolute Gasteiger partial charge is 0.495 e. The third kappa shape index (κ3) is 3.53. The summed E-state index contributed by atoms with van der Waals surface area (Å²) in [7, 11) is -0.498. The molecule has 0 bridgehead atoms. The molecule has 0 saturated carbocycles. The maximum Gasteiger partial charge on any atom is 0.495 e. The first-order valence-corrected chi connectivity index (χ1v) is 9.52. The monoisotopic (exact) mass is 352 g/mol. The van der Waals surface area contributed by atoms with Gasteiger partial charge in [-0.05, 0) is 63.2 Å². The van der Waals surface area contributed by atoms with Crippen molar-refractivity contribution < 1.29 is 14.4 Å². The fourth-order valence-electron chi connectivity index (χ4n) is 3.31. The molecule has 0 unspecified atom stereocenters. The number of hydrogen-bond donors (Lipinski definition) is 1. The molecule has 1 N–H and O–H groups in total. The van der Waals surface area contributed by atoms with Gasteiger partial charge in [-0.15, -0.1) is 0 Å². The van der Waals surface area contributed by atoms with Crippen molar-refractivity contribution >= 4 is 12.6 Å². The second-order valence-corrected chi connectivity index (χ2v) is 8.14. The standard InChI is InChI=1S/C22H29BO3/c1-6-7-11-16-14-18(23-25-21(2,3)22(4,5)26-23)20(19(24)15-16)17-12-9-8-10-13-17/h8-10,12-15,24H,6-7,11H2,1-5H3. The minimum atomic E-state index is -0.498. The summed E-state index contributed by atoms with van der Waals surface area (Å²) in [6.45, 7) is 10.4. The maximum atomic E-state index is 10.8. The average Bonchev–Trinajstić information content (AvgIpc) is 2.81. The molecular weight excluding hydrogens is 323 g/mol. The van der Waals surface area contributed by atoms with E-state index >= 15 is 0 Å². The molecule has 0 aliphatic carbocycles. The van der Waals surface area contributed by atoms with Crippen LogP contribution in [0.5, 0.6) is 5.75 Å². The van der Waals surface area contributed by atoms with Crippen molar-refractivity contribution in [2.24, 2.45) is 0 Å². The Bertz CT molecular complexity index is 752. The van der Waals surface area contributed by atoms with Crippen LogP contribution >= 0.6 is 0 Å². The van der Waals surface area contributed by atoms with Crippen LogP contribution in [0.15, 0.2) is 42.5 Å². The van der Waals surface area contributed by atoms with E-state index < -0.39 is 18.3 Å². The lowest BCUT2D eigenvalue weighted by Crippen LogP contribution is -2.41. The van der Waals surface area contributed by atoms with Crippen LogP contribution in [0.3, 0.4) is 0 Å². The van der Waals surface area contributed by atoms with Gasteiger partial charge in [0.05, 0.1) is 11.2 Å². The SMILES string of the molecule is CCCCc1cc(O)c(-c2ccccc2)c(B2OC(C)(C)C(C)(C)O2)c1. The summed E-state index contributed by atoms with van der Waals surface area (Å²) in [6.07, 6.45) is 3.14. The summed E-state index contributed by atoms with van der Waals surface area (Å²) in [6, 6.07) is 14.0. The number of hydrogen-bond acceptors (Lipinski definition) is 3. The van der Waals surface area contributed by atoms with E-state index in [9.17, 15) is 5.11 Å². The molecule has 138 valence electrons. The van der Waals surface area contributed by atoms with E-state index in [1.165, 1.54) is 0 Å². The van der Waals surface area contributed by atoms with E-state index in [2.05, 4.69) is 40.7 Å². The van der Waals surface area contributed by atoms with Crippen molar-refractivity contribution in [3.05, 3.63) is 48.0 Å². The highest BCUT2D eigenvalue weighted by atomic mass is 16.7. The number of phenols is 1. The van der Waals surface area contributed by atoms with Gasteiger partial charge in [-0.1, -0.05) is 49.7 Å². The number of aryl methyl sites for hydroxylation is 1. The quantitative estimate of drug-likeness (QED) is 0.793. The predicted molar refractivity (Wildman–Crippen MR) is 108 cm³/mol. The molecule has 4 heteroatoms. The molecule has 0 amide bonds. The van der Waals surface area contributed by atoms with Crippen LogP contribution in [0.25, 0.3) is 11.1 Å². The van der Waals surface area contributed by atoms with Crippen molar-refractivity contribution in [3.63, 3.8) is 0 Å². The number of aromatic hydroxyl groups is 1. The molecule has 1 saturated heterocycles. The van der Waals surface area contributed by atoms with Crippen LogP contribution in [-0.4, -0.2) is 23.4 Å². The van der Waals surface area contributed by atoms with Crippen LogP contribution in [0.4, 0.5) is 0 Å². The van der Waals surface area contributed by atoms with Crippen LogP contribution in [-0.2, 0) is 15.7 Å². The summed E-state index contributed by atoms with van der Waals surface area (Å²) >= 11 is 0. The van der Waals surface area contributed by atoms with Crippen LogP contribution in [0.2, 0.25) is 0 Å². The van der Waals surface area contributed by atoms with Gasteiger partial charge in [-0.25, -0.2) is 0 Å². The highest BCUT2D eigenvalue weighted by Crippen LogP contribution is 2.38. The molecule has 1 aliphatic heterocycles. The molecule has 3 nitrogen and oxygen atoms in total. The first-order valence-electron chi connectivity index (χ1n) is 9.52. The van der Waals surface area contributed by atoms with Gasteiger partial charge in [0, 0.05) is 5.56 Å². The van der Waals surface area contributed by atoms with Gasteiger partial charge in [0.15, 0.2) is 0 Å². The Morgan fingerprint density at radius 3 is 2.15 bits per heavy atom. The Morgan fingerprint density at radius 1 is 0.962 bits per heavy atom. The average molecular weight is 352 g/mol. The minimum Gasteiger partial charge on any atom is -0.507 e. The Kier molecular flexibility index (Phi) is 5.18. The fourth-order valence-corrected chi connectivity index (χ4v) is 3.31. The molecule has 0 atom stereocenters. The number of rotatable bonds is 5. The predicted octanol–water partition coefficient (Wildman–Crippen LogP) is 4.70. The molecule has 3 rings (SSSR count). The maximum absolute atomic E-state index is 10.8. The summed E-state index contributed by atoms with van der Waals surface area (Å²) in [5.74, 6) is 0.287. The van der Waals surface area contributed by atoms with Gasteiger partial charge >= 0.3 is 7.12 Å². The van der Waals surface area contributed by atoms with Crippen molar-refractivity contribution in [1.82, 2.24) is 0 Å². The lowest BCUT2D eigenvalue weighted by atomic mass is 9.73. The molecule has 0 radical (unpaired) electrons. The largest absolute Gasteiger partial charge is 0.507 e. The highest BCUT2D eigenvalue weighted by Gasteiger charge is 2.52. The van der Waals surface area contributed by atoms with E-state index in [0.29, 0.717) is 0 Å². The van der Waals surface area contributed by atoms with Crippen LogP contribution in [0, 0.1) is 0 Å². The Morgan fingerprint density at radius 2 is 1.58 bits per heavy atom. The van der Waals surface area contributed by atoms with Crippen LogP contribution < -0.4 is 5.46 Å². The van der Waals surface area contributed by atoms with Crippen molar-refractivity contribution in [2.75, 3.05) is 0 Å². The minimum absolute atomic E-state index is 0.287. The first-order chi connectivity index (χ1) is 12.2. The Hall–Kier alpha value is -1.78. The summed E-state index contributed by atoms with van der Waals surface area (Å²) < 4.78 is 12.6. The molecule has 1 heterocycles. The first kappa shape index (κ1) is 19.0. The molecule has 0 aromatic heterocycles.